The summed E-state index contributed by atoms with van der Waals surface area (Å²) in [4.78, 5) is 0. The first-order valence-corrected chi connectivity index (χ1v) is 16.6. The molecule has 2 aromatic carbocycles. The van der Waals surface area contributed by atoms with Gasteiger partial charge in [0.15, 0.2) is 0 Å². The Morgan fingerprint density at radius 2 is 1.65 bits per heavy atom. The Labute approximate surface area is 183 Å². The summed E-state index contributed by atoms with van der Waals surface area (Å²) in [5.41, 5.74) is 9.07. The smallest absolute Gasteiger partial charge is 1.00 e. The summed E-state index contributed by atoms with van der Waals surface area (Å²) in [5.74, 6) is 0.532. The van der Waals surface area contributed by atoms with Gasteiger partial charge in [-0.05, 0) is 0 Å². The minimum Gasteiger partial charge on any atom is -1.00 e. The van der Waals surface area contributed by atoms with Crippen LogP contribution in [-0.4, -0.2) is 5.92 Å². The molecule has 0 N–H and O–H groups in total. The van der Waals surface area contributed by atoms with Crippen molar-refractivity contribution in [1.82, 2.24) is 0 Å². The topological polar surface area (TPSA) is 0 Å². The number of rotatable bonds is 5. The molecule has 0 saturated heterocycles. The summed E-state index contributed by atoms with van der Waals surface area (Å²) in [7, 11) is 0. The molecule has 1 radical (unpaired) electrons. The summed E-state index contributed by atoms with van der Waals surface area (Å²) < 4.78 is 0.826. The molecule has 0 aromatic heterocycles. The van der Waals surface area contributed by atoms with E-state index in [1.54, 1.807) is 11.1 Å². The molecular formula is C22H27Cl2SiZr. The molecule has 1 unspecified atom stereocenters. The van der Waals surface area contributed by atoms with Crippen molar-refractivity contribution in [3.8, 4) is 11.1 Å². The standard InChI is InChI=1S/C20H21.C2H6Si.2ClH.Zr/c1-4-15-12-18-6-5-7-19(20(18)13-15)17-10-8-16(9-11-17)14(2)3;1-3-2;;;/h5-14H,4H2,1-3H3;1-2H3;2*1H;/q;;;;+2/p-2. The van der Waals surface area contributed by atoms with Gasteiger partial charge in [-0.2, -0.15) is 0 Å². The third-order valence-electron chi connectivity index (χ3n) is 4.88. The predicted molar refractivity (Wildman–Crippen MR) is 104 cm³/mol. The molecule has 2 aromatic rings. The molecule has 0 saturated carbocycles. The number of hydrogen-bond donors (Lipinski definition) is 0. The first kappa shape index (κ1) is 23.9. The van der Waals surface area contributed by atoms with Crippen molar-refractivity contribution in [2.45, 2.75) is 49.8 Å². The fourth-order valence-electron chi connectivity index (χ4n) is 3.53. The van der Waals surface area contributed by atoms with Crippen LogP contribution in [0.1, 0.15) is 53.4 Å². The molecule has 0 bridgehead atoms. The zero-order valence-electron chi connectivity index (χ0n) is 16.2. The Hall–Kier alpha value is -0.140. The van der Waals surface area contributed by atoms with Crippen molar-refractivity contribution in [2.75, 3.05) is 0 Å². The fourth-order valence-corrected chi connectivity index (χ4v) is 12.5. The number of allylic oxidation sites excluding steroid dienone is 1. The maximum absolute atomic E-state index is 2.53. The van der Waals surface area contributed by atoms with E-state index in [1.165, 1.54) is 28.7 Å². The number of halogens is 2. The van der Waals surface area contributed by atoms with Crippen LogP contribution in [0.5, 0.6) is 0 Å². The zero-order valence-corrected chi connectivity index (χ0v) is 21.2. The van der Waals surface area contributed by atoms with Gasteiger partial charge in [0.1, 0.15) is 0 Å². The number of benzene rings is 2. The summed E-state index contributed by atoms with van der Waals surface area (Å²) in [5, 5.41) is 0. The van der Waals surface area contributed by atoms with E-state index in [-0.39, 0.29) is 53.1 Å². The molecular weight excluding hydrogens is 454 g/mol. The van der Waals surface area contributed by atoms with E-state index in [2.05, 4.69) is 82.4 Å². The van der Waals surface area contributed by atoms with Crippen LogP contribution < -0.4 is 24.8 Å². The monoisotopic (exact) mass is 479 g/mol. The van der Waals surface area contributed by atoms with Gasteiger partial charge in [0.2, 0.25) is 0 Å². The molecule has 0 amide bonds. The summed E-state index contributed by atoms with van der Waals surface area (Å²) >= 11 is -0.333. The minimum absolute atomic E-state index is 0. The third kappa shape index (κ3) is 5.02. The van der Waals surface area contributed by atoms with Gasteiger partial charge >= 0.3 is 160 Å². The average molecular weight is 482 g/mol. The quantitative estimate of drug-likeness (QED) is 0.551. The molecule has 0 aliphatic heterocycles. The predicted octanol–water partition coefficient (Wildman–Crippen LogP) is 0.667. The molecule has 3 rings (SSSR count). The summed E-state index contributed by atoms with van der Waals surface area (Å²) in [6.45, 7) is 11.9. The number of fused-ring (bicyclic) bond motifs is 1. The molecule has 26 heavy (non-hydrogen) atoms. The van der Waals surface area contributed by atoms with Crippen molar-refractivity contribution >= 4 is 12.0 Å². The summed E-state index contributed by atoms with van der Waals surface area (Å²) in [6.07, 6.45) is 3.73. The normalized spacial score (nSPS) is 15.0. The Kier molecular flexibility index (Phi) is 9.57. The van der Waals surface area contributed by atoms with Crippen LogP contribution in [0.4, 0.5) is 0 Å². The SMILES string of the molecule is CCC1=Cc2c(-c3ccc(C(C)C)cc3)cccc2[CH]1[Zr+2][Si](C)C.[Cl-].[Cl-]. The van der Waals surface area contributed by atoms with E-state index in [0.29, 0.717) is 5.92 Å². The van der Waals surface area contributed by atoms with Crippen LogP contribution in [0.25, 0.3) is 17.2 Å². The van der Waals surface area contributed by atoms with Gasteiger partial charge in [0.25, 0.3) is 0 Å². The van der Waals surface area contributed by atoms with E-state index in [9.17, 15) is 0 Å². The molecule has 0 nitrogen and oxygen atoms in total. The first-order valence-electron chi connectivity index (χ1n) is 9.01. The van der Waals surface area contributed by atoms with E-state index < -0.39 is 0 Å². The summed E-state index contributed by atoms with van der Waals surface area (Å²) in [6, 6.07) is 16.2. The Morgan fingerprint density at radius 1 is 1.00 bits per heavy atom. The van der Waals surface area contributed by atoms with Crippen molar-refractivity contribution < 1.29 is 47.2 Å². The molecule has 1 aliphatic carbocycles. The van der Waals surface area contributed by atoms with E-state index in [4.69, 9.17) is 0 Å². The van der Waals surface area contributed by atoms with Gasteiger partial charge in [0, 0.05) is 0 Å². The largest absolute Gasteiger partial charge is 1.00 e. The van der Waals surface area contributed by atoms with E-state index in [1.807, 2.05) is 0 Å². The van der Waals surface area contributed by atoms with Gasteiger partial charge in [-0.15, -0.1) is 0 Å². The number of hydrogen-bond acceptors (Lipinski definition) is 0. The van der Waals surface area contributed by atoms with Gasteiger partial charge in [-0.1, -0.05) is 0 Å². The molecule has 0 heterocycles. The maximum Gasteiger partial charge on any atom is -1.00 e. The Bertz CT molecular complexity index is 751. The van der Waals surface area contributed by atoms with Crippen molar-refractivity contribution in [1.29, 1.82) is 0 Å². The molecule has 0 fully saturated rings. The van der Waals surface area contributed by atoms with Gasteiger partial charge < -0.3 is 24.8 Å². The van der Waals surface area contributed by atoms with Crippen molar-refractivity contribution in [3.63, 3.8) is 0 Å². The van der Waals surface area contributed by atoms with Gasteiger partial charge in [-0.25, -0.2) is 0 Å². The Balaban J connectivity index is 0.00000169. The Morgan fingerprint density at radius 3 is 2.19 bits per heavy atom. The minimum atomic E-state index is -0.333. The molecule has 1 aliphatic rings. The van der Waals surface area contributed by atoms with E-state index in [0.717, 1.165) is 3.63 Å². The van der Waals surface area contributed by atoms with Crippen molar-refractivity contribution in [3.05, 3.63) is 64.7 Å². The fraction of sp³-hybridized carbons (Fsp3) is 0.364. The van der Waals surface area contributed by atoms with Crippen LogP contribution in [0.2, 0.25) is 13.1 Å². The molecule has 4 heteroatoms. The second-order valence-corrected chi connectivity index (χ2v) is 20.4. The zero-order chi connectivity index (χ0) is 17.3. The van der Waals surface area contributed by atoms with Crippen LogP contribution in [-0.2, 0) is 22.4 Å². The maximum atomic E-state index is 2.53. The second kappa shape index (κ2) is 10.4. The third-order valence-corrected chi connectivity index (χ3v) is 13.8. The van der Waals surface area contributed by atoms with Crippen LogP contribution in [0.15, 0.2) is 48.0 Å². The molecule has 1 atom stereocenters. The van der Waals surface area contributed by atoms with Crippen molar-refractivity contribution in [2.24, 2.45) is 0 Å². The van der Waals surface area contributed by atoms with Gasteiger partial charge in [0.05, 0.1) is 0 Å². The van der Waals surface area contributed by atoms with Crippen LogP contribution in [0.3, 0.4) is 0 Å². The second-order valence-electron chi connectivity index (χ2n) is 7.24. The molecule has 0 spiro atoms. The van der Waals surface area contributed by atoms with Gasteiger partial charge in [-0.3, -0.25) is 0 Å². The van der Waals surface area contributed by atoms with E-state index >= 15 is 0 Å². The average Bonchev–Trinajstić information content (AvgIpc) is 2.92. The first-order chi connectivity index (χ1) is 11.5. The molecule has 137 valence electrons. The van der Waals surface area contributed by atoms with Crippen LogP contribution in [0, 0.1) is 0 Å². The van der Waals surface area contributed by atoms with Crippen LogP contribution >= 0.6 is 0 Å².